The van der Waals surface area contributed by atoms with E-state index in [0.29, 0.717) is 6.42 Å². The van der Waals surface area contributed by atoms with E-state index in [1.165, 1.54) is 0 Å². The smallest absolute Gasteiger partial charge is 0.163 e. The molecule has 144 valence electrons. The van der Waals surface area contributed by atoms with Crippen LogP contribution in [0.2, 0.25) is 5.02 Å². The van der Waals surface area contributed by atoms with Crippen molar-refractivity contribution in [3.8, 4) is 0 Å². The van der Waals surface area contributed by atoms with Gasteiger partial charge in [0, 0.05) is 22.7 Å². The molecule has 3 aromatic rings. The minimum Gasteiger partial charge on any atom is -0.372 e. The fraction of sp³-hybridized carbons (Fsp3) is 0.160. The number of para-hydroxylation sites is 2. The Labute approximate surface area is 175 Å². The van der Waals surface area contributed by atoms with Crippen molar-refractivity contribution in [2.75, 3.05) is 10.6 Å². The zero-order valence-electron chi connectivity index (χ0n) is 15.9. The fourth-order valence-corrected chi connectivity index (χ4v) is 4.70. The molecule has 2 unspecified atom stereocenters. The summed E-state index contributed by atoms with van der Waals surface area (Å²) in [4.78, 5) is 13.4. The van der Waals surface area contributed by atoms with Crippen LogP contribution >= 0.6 is 11.6 Å². The summed E-state index contributed by atoms with van der Waals surface area (Å²) in [5.41, 5.74) is 5.93. The average Bonchev–Trinajstić information content (AvgIpc) is 2.91. The largest absolute Gasteiger partial charge is 0.372 e. The van der Waals surface area contributed by atoms with Gasteiger partial charge in [-0.2, -0.15) is 0 Å². The summed E-state index contributed by atoms with van der Waals surface area (Å²) in [7, 11) is 0. The molecule has 4 heteroatoms. The molecule has 1 heterocycles. The molecular formula is C25H21ClN2O. The molecule has 3 aromatic carbocycles. The first-order valence-corrected chi connectivity index (χ1v) is 10.3. The molecule has 3 nitrogen and oxygen atoms in total. The second-order valence-electron chi connectivity index (χ2n) is 7.60. The van der Waals surface area contributed by atoms with Gasteiger partial charge in [-0.3, -0.25) is 4.79 Å². The maximum Gasteiger partial charge on any atom is 0.163 e. The Hall–Kier alpha value is -3.04. The lowest BCUT2D eigenvalue weighted by atomic mass is 9.78. The number of Topliss-reactive ketones (excluding diaryl/α,β-unsaturated/α-hetero) is 1. The number of carbonyl (C=O) groups excluding carboxylic acids is 1. The van der Waals surface area contributed by atoms with Gasteiger partial charge in [-0.05, 0) is 41.7 Å². The molecule has 5 rings (SSSR count). The van der Waals surface area contributed by atoms with Crippen LogP contribution in [0.3, 0.4) is 0 Å². The van der Waals surface area contributed by atoms with Crippen molar-refractivity contribution in [2.24, 2.45) is 0 Å². The molecule has 1 aliphatic heterocycles. The number of allylic oxidation sites excluding steroid dienone is 1. The standard InChI is InChI=1S/C25H21ClN2O/c26-19-11-5-4-10-18(19)17-14-22-24(23(29)15-17)25(16-8-2-1-3-9-16)28-21-13-7-6-12-20(21)27-22/h1-13,17,25,27-28H,14-15H2. The van der Waals surface area contributed by atoms with Crippen LogP contribution in [0.4, 0.5) is 11.4 Å². The number of carbonyl (C=O) groups is 1. The minimum absolute atomic E-state index is 0.0733. The molecule has 0 saturated heterocycles. The second-order valence-corrected chi connectivity index (χ2v) is 8.01. The van der Waals surface area contributed by atoms with E-state index in [9.17, 15) is 4.79 Å². The lowest BCUT2D eigenvalue weighted by molar-refractivity contribution is -0.116. The zero-order chi connectivity index (χ0) is 19.8. The number of fused-ring (bicyclic) bond motifs is 1. The number of ketones is 1. The number of anilines is 2. The van der Waals surface area contributed by atoms with Gasteiger partial charge in [0.1, 0.15) is 0 Å². The highest BCUT2D eigenvalue weighted by atomic mass is 35.5. The van der Waals surface area contributed by atoms with Crippen LogP contribution in [-0.2, 0) is 4.79 Å². The first-order valence-electron chi connectivity index (χ1n) is 9.89. The molecule has 29 heavy (non-hydrogen) atoms. The summed E-state index contributed by atoms with van der Waals surface area (Å²) in [5.74, 6) is 0.238. The third-order valence-electron chi connectivity index (χ3n) is 5.79. The third-order valence-corrected chi connectivity index (χ3v) is 6.13. The van der Waals surface area contributed by atoms with Gasteiger partial charge in [0.05, 0.1) is 17.4 Å². The molecule has 2 atom stereocenters. The van der Waals surface area contributed by atoms with E-state index in [2.05, 4.69) is 22.8 Å². The quantitative estimate of drug-likeness (QED) is 0.528. The molecule has 2 N–H and O–H groups in total. The van der Waals surface area contributed by atoms with Gasteiger partial charge in [0.2, 0.25) is 0 Å². The third kappa shape index (κ3) is 3.32. The van der Waals surface area contributed by atoms with Gasteiger partial charge < -0.3 is 10.6 Å². The van der Waals surface area contributed by atoms with Crippen LogP contribution in [0.15, 0.2) is 90.1 Å². The molecule has 0 amide bonds. The normalized spacial score (nSPS) is 20.8. The molecule has 2 aliphatic rings. The lowest BCUT2D eigenvalue weighted by Crippen LogP contribution is -2.27. The predicted octanol–water partition coefficient (Wildman–Crippen LogP) is 6.32. The molecule has 0 fully saturated rings. The van der Waals surface area contributed by atoms with Crippen molar-refractivity contribution in [3.63, 3.8) is 0 Å². The monoisotopic (exact) mass is 400 g/mol. The Kier molecular flexibility index (Phi) is 4.61. The maximum absolute atomic E-state index is 13.4. The van der Waals surface area contributed by atoms with Crippen LogP contribution in [0.5, 0.6) is 0 Å². The van der Waals surface area contributed by atoms with Crippen LogP contribution in [0.25, 0.3) is 0 Å². The molecule has 0 radical (unpaired) electrons. The summed E-state index contributed by atoms with van der Waals surface area (Å²) < 4.78 is 0. The van der Waals surface area contributed by atoms with E-state index < -0.39 is 0 Å². The summed E-state index contributed by atoms with van der Waals surface area (Å²) in [6.45, 7) is 0. The van der Waals surface area contributed by atoms with Crippen molar-refractivity contribution in [1.29, 1.82) is 0 Å². The van der Waals surface area contributed by atoms with Crippen LogP contribution in [-0.4, -0.2) is 5.78 Å². The van der Waals surface area contributed by atoms with E-state index in [-0.39, 0.29) is 17.7 Å². The van der Waals surface area contributed by atoms with Gasteiger partial charge in [-0.1, -0.05) is 72.3 Å². The predicted molar refractivity (Wildman–Crippen MR) is 118 cm³/mol. The first kappa shape index (κ1) is 18.0. The highest BCUT2D eigenvalue weighted by molar-refractivity contribution is 6.31. The van der Waals surface area contributed by atoms with Crippen LogP contribution < -0.4 is 10.6 Å². The molecule has 0 bridgehead atoms. The highest BCUT2D eigenvalue weighted by Crippen LogP contribution is 2.45. The van der Waals surface area contributed by atoms with Crippen molar-refractivity contribution in [1.82, 2.24) is 0 Å². The lowest BCUT2D eigenvalue weighted by Gasteiger charge is -2.30. The van der Waals surface area contributed by atoms with E-state index in [0.717, 1.165) is 45.2 Å². The van der Waals surface area contributed by atoms with Gasteiger partial charge in [0.15, 0.2) is 5.78 Å². The molecule has 0 saturated carbocycles. The summed E-state index contributed by atoms with van der Waals surface area (Å²) in [6.07, 6.45) is 1.22. The number of hydrogen-bond acceptors (Lipinski definition) is 3. The van der Waals surface area contributed by atoms with E-state index in [1.807, 2.05) is 66.7 Å². The van der Waals surface area contributed by atoms with Crippen LogP contribution in [0, 0.1) is 0 Å². The summed E-state index contributed by atoms with van der Waals surface area (Å²) in [6, 6.07) is 25.9. The number of halogens is 1. The highest BCUT2D eigenvalue weighted by Gasteiger charge is 2.36. The van der Waals surface area contributed by atoms with Gasteiger partial charge in [-0.15, -0.1) is 0 Å². The molecular weight excluding hydrogens is 380 g/mol. The Morgan fingerprint density at radius 2 is 1.48 bits per heavy atom. The first-order chi connectivity index (χ1) is 14.2. The SMILES string of the molecule is O=C1CC(c2ccccc2Cl)CC2=C1C(c1ccccc1)Nc1ccccc1N2. The Bertz CT molecular complexity index is 1110. The topological polar surface area (TPSA) is 41.1 Å². The van der Waals surface area contributed by atoms with Gasteiger partial charge in [0.25, 0.3) is 0 Å². The van der Waals surface area contributed by atoms with Crippen molar-refractivity contribution in [3.05, 3.63) is 106 Å². The maximum atomic E-state index is 13.4. The second kappa shape index (κ2) is 7.41. The van der Waals surface area contributed by atoms with Crippen molar-refractivity contribution < 1.29 is 4.79 Å². The minimum atomic E-state index is -0.179. The van der Waals surface area contributed by atoms with E-state index in [4.69, 9.17) is 11.6 Å². The van der Waals surface area contributed by atoms with Gasteiger partial charge in [-0.25, -0.2) is 0 Å². The van der Waals surface area contributed by atoms with Gasteiger partial charge >= 0.3 is 0 Å². The average molecular weight is 401 g/mol. The summed E-state index contributed by atoms with van der Waals surface area (Å²) >= 11 is 6.46. The molecule has 1 aliphatic carbocycles. The number of hydrogen-bond donors (Lipinski definition) is 2. The summed E-state index contributed by atoms with van der Waals surface area (Å²) in [5, 5.41) is 7.89. The van der Waals surface area contributed by atoms with E-state index in [1.54, 1.807) is 0 Å². The Balaban J connectivity index is 1.62. The number of nitrogens with one attached hydrogen (secondary N) is 2. The fourth-order valence-electron chi connectivity index (χ4n) is 4.41. The van der Waals surface area contributed by atoms with Crippen LogP contribution in [0.1, 0.15) is 35.9 Å². The number of rotatable bonds is 2. The van der Waals surface area contributed by atoms with Crippen molar-refractivity contribution in [2.45, 2.75) is 24.8 Å². The zero-order valence-corrected chi connectivity index (χ0v) is 16.6. The molecule has 0 spiro atoms. The number of benzene rings is 3. The Morgan fingerprint density at radius 1 is 0.793 bits per heavy atom. The molecule has 0 aromatic heterocycles. The van der Waals surface area contributed by atoms with Crippen molar-refractivity contribution >= 4 is 28.8 Å². The Morgan fingerprint density at radius 3 is 2.28 bits per heavy atom. The van der Waals surface area contributed by atoms with E-state index >= 15 is 0 Å².